The molecule has 0 atom stereocenters. The van der Waals surface area contributed by atoms with Gasteiger partial charge in [0, 0.05) is 6.04 Å². The number of aromatic nitrogens is 1. The lowest BCUT2D eigenvalue weighted by atomic mass is 9.95. The van der Waals surface area contributed by atoms with Crippen LogP contribution in [0.3, 0.4) is 0 Å². The summed E-state index contributed by atoms with van der Waals surface area (Å²) in [7, 11) is 0. The molecule has 0 radical (unpaired) electrons. The number of rotatable bonds is 4. The Hall–Kier alpha value is -2.14. The van der Waals surface area contributed by atoms with E-state index in [2.05, 4.69) is 15.6 Å². The molecule has 1 aliphatic rings. The number of nitrogens with zero attached hydrogens (tertiary/aromatic N) is 1. The van der Waals surface area contributed by atoms with E-state index in [9.17, 15) is 9.18 Å². The molecular weight excluding hydrogens is 329 g/mol. The van der Waals surface area contributed by atoms with Crippen molar-refractivity contribution in [3.63, 3.8) is 0 Å². The molecule has 1 aromatic heterocycles. The summed E-state index contributed by atoms with van der Waals surface area (Å²) >= 11 is 5.89. The van der Waals surface area contributed by atoms with Crippen LogP contribution in [0.15, 0.2) is 36.5 Å². The van der Waals surface area contributed by atoms with Crippen molar-refractivity contribution in [1.29, 1.82) is 0 Å². The zero-order valence-corrected chi connectivity index (χ0v) is 13.9. The Bertz CT molecular complexity index is 694. The van der Waals surface area contributed by atoms with Crippen LogP contribution in [0.25, 0.3) is 0 Å². The fourth-order valence-corrected chi connectivity index (χ4v) is 3.18. The maximum Gasteiger partial charge on any atom is 0.261 e. The molecule has 0 spiro atoms. The van der Waals surface area contributed by atoms with E-state index in [-0.39, 0.29) is 10.6 Å². The summed E-state index contributed by atoms with van der Waals surface area (Å²) in [5, 5.41) is 6.10. The molecule has 4 nitrogen and oxygen atoms in total. The molecule has 1 heterocycles. The summed E-state index contributed by atoms with van der Waals surface area (Å²) in [6.07, 6.45) is 7.83. The molecule has 24 heavy (non-hydrogen) atoms. The van der Waals surface area contributed by atoms with E-state index < -0.39 is 11.7 Å². The minimum Gasteiger partial charge on any atom is -0.381 e. The number of benzene rings is 1. The van der Waals surface area contributed by atoms with Crippen LogP contribution >= 0.6 is 11.6 Å². The molecule has 126 valence electrons. The predicted molar refractivity (Wildman–Crippen MR) is 94.1 cm³/mol. The van der Waals surface area contributed by atoms with E-state index in [0.717, 1.165) is 5.69 Å². The van der Waals surface area contributed by atoms with Crippen molar-refractivity contribution in [3.05, 3.63) is 52.9 Å². The molecule has 6 heteroatoms. The van der Waals surface area contributed by atoms with Crippen molar-refractivity contribution >= 4 is 29.0 Å². The quantitative estimate of drug-likeness (QED) is 0.829. The highest BCUT2D eigenvalue weighted by Gasteiger charge is 2.16. The van der Waals surface area contributed by atoms with Gasteiger partial charge in [-0.25, -0.2) is 9.37 Å². The third-order valence-corrected chi connectivity index (χ3v) is 4.49. The zero-order chi connectivity index (χ0) is 16.9. The Balaban J connectivity index is 1.64. The SMILES string of the molecule is O=C(Nc1ccc(NC2CCCCC2)cn1)c1c(F)cccc1Cl. The minimum atomic E-state index is -0.657. The second-order valence-corrected chi connectivity index (χ2v) is 6.37. The number of carbonyl (C=O) groups excluding carboxylic acids is 1. The lowest BCUT2D eigenvalue weighted by Crippen LogP contribution is -2.22. The molecule has 0 aliphatic heterocycles. The highest BCUT2D eigenvalue weighted by Crippen LogP contribution is 2.23. The molecule has 1 aliphatic carbocycles. The van der Waals surface area contributed by atoms with Crippen LogP contribution in [-0.4, -0.2) is 16.9 Å². The van der Waals surface area contributed by atoms with E-state index in [0.29, 0.717) is 11.9 Å². The standard InChI is InChI=1S/C18H19ClFN3O/c19-14-7-4-8-15(20)17(14)18(24)23-16-10-9-13(11-21-16)22-12-5-2-1-3-6-12/h4,7-12,22H,1-3,5-6H2,(H,21,23,24). The summed E-state index contributed by atoms with van der Waals surface area (Å²) in [6.45, 7) is 0. The molecule has 0 unspecified atom stereocenters. The first-order chi connectivity index (χ1) is 11.6. The fraction of sp³-hybridized carbons (Fsp3) is 0.333. The number of amides is 1. The van der Waals surface area contributed by atoms with Gasteiger partial charge in [-0.15, -0.1) is 0 Å². The van der Waals surface area contributed by atoms with E-state index in [1.54, 1.807) is 12.3 Å². The molecule has 0 bridgehead atoms. The van der Waals surface area contributed by atoms with Gasteiger partial charge in [0.15, 0.2) is 0 Å². The number of pyridine rings is 1. The lowest BCUT2D eigenvalue weighted by molar-refractivity contribution is 0.102. The number of halogens is 2. The maximum atomic E-state index is 13.8. The van der Waals surface area contributed by atoms with Crippen LogP contribution in [0, 0.1) is 5.82 Å². The van der Waals surface area contributed by atoms with Gasteiger partial charge in [-0.05, 0) is 37.1 Å². The van der Waals surface area contributed by atoms with E-state index in [1.807, 2.05) is 6.07 Å². The van der Waals surface area contributed by atoms with Crippen molar-refractivity contribution < 1.29 is 9.18 Å². The van der Waals surface area contributed by atoms with Crippen LogP contribution in [0.4, 0.5) is 15.9 Å². The van der Waals surface area contributed by atoms with E-state index >= 15 is 0 Å². The first-order valence-electron chi connectivity index (χ1n) is 8.11. The van der Waals surface area contributed by atoms with Gasteiger partial charge in [0.2, 0.25) is 0 Å². The van der Waals surface area contributed by atoms with Gasteiger partial charge in [0.05, 0.1) is 22.5 Å². The monoisotopic (exact) mass is 347 g/mol. The topological polar surface area (TPSA) is 54.0 Å². The number of hydrogen-bond acceptors (Lipinski definition) is 3. The van der Waals surface area contributed by atoms with Crippen molar-refractivity contribution in [2.75, 3.05) is 10.6 Å². The number of nitrogens with one attached hydrogen (secondary N) is 2. The summed E-state index contributed by atoms with van der Waals surface area (Å²) < 4.78 is 13.8. The molecule has 2 N–H and O–H groups in total. The van der Waals surface area contributed by atoms with Gasteiger partial charge in [-0.1, -0.05) is 36.9 Å². The average Bonchev–Trinajstić information content (AvgIpc) is 2.57. The molecule has 3 rings (SSSR count). The van der Waals surface area contributed by atoms with Gasteiger partial charge in [-0.2, -0.15) is 0 Å². The highest BCUT2D eigenvalue weighted by molar-refractivity contribution is 6.34. The van der Waals surface area contributed by atoms with Gasteiger partial charge in [0.1, 0.15) is 11.6 Å². The molecule has 1 amide bonds. The number of carbonyl (C=O) groups is 1. The van der Waals surface area contributed by atoms with Crippen LogP contribution in [-0.2, 0) is 0 Å². The first kappa shape index (κ1) is 16.7. The minimum absolute atomic E-state index is 0.0723. The second-order valence-electron chi connectivity index (χ2n) is 5.96. The number of anilines is 2. The third-order valence-electron chi connectivity index (χ3n) is 4.17. The van der Waals surface area contributed by atoms with Gasteiger partial charge in [-0.3, -0.25) is 4.79 Å². The fourth-order valence-electron chi connectivity index (χ4n) is 2.93. The molecule has 1 fully saturated rings. The first-order valence-corrected chi connectivity index (χ1v) is 8.49. The van der Waals surface area contributed by atoms with Crippen LogP contribution in [0.1, 0.15) is 42.5 Å². The van der Waals surface area contributed by atoms with Crippen LogP contribution < -0.4 is 10.6 Å². The molecule has 2 aromatic rings. The normalized spacial score (nSPS) is 15.1. The number of hydrogen-bond donors (Lipinski definition) is 2. The lowest BCUT2D eigenvalue weighted by Gasteiger charge is -2.23. The van der Waals surface area contributed by atoms with E-state index in [4.69, 9.17) is 11.6 Å². The Morgan fingerprint density at radius 3 is 2.62 bits per heavy atom. The highest BCUT2D eigenvalue weighted by atomic mass is 35.5. The van der Waals surface area contributed by atoms with Crippen molar-refractivity contribution in [1.82, 2.24) is 4.98 Å². The summed E-state index contributed by atoms with van der Waals surface area (Å²) in [6, 6.07) is 8.17. The van der Waals surface area contributed by atoms with Crippen molar-refractivity contribution in [2.45, 2.75) is 38.1 Å². The summed E-state index contributed by atoms with van der Waals surface area (Å²) in [4.78, 5) is 16.4. The van der Waals surface area contributed by atoms with E-state index in [1.165, 1.54) is 50.3 Å². The Morgan fingerprint density at radius 2 is 1.96 bits per heavy atom. The molecule has 1 aromatic carbocycles. The van der Waals surface area contributed by atoms with Gasteiger partial charge < -0.3 is 10.6 Å². The molecule has 1 saturated carbocycles. The van der Waals surface area contributed by atoms with Gasteiger partial charge >= 0.3 is 0 Å². The Kier molecular flexibility index (Phi) is 5.30. The molecular formula is C18H19ClFN3O. The smallest absolute Gasteiger partial charge is 0.261 e. The average molecular weight is 348 g/mol. The van der Waals surface area contributed by atoms with Crippen molar-refractivity contribution in [2.24, 2.45) is 0 Å². The van der Waals surface area contributed by atoms with Crippen molar-refractivity contribution in [3.8, 4) is 0 Å². The summed E-state index contributed by atoms with van der Waals surface area (Å²) in [5.74, 6) is -0.914. The zero-order valence-electron chi connectivity index (χ0n) is 13.2. The third kappa shape index (κ3) is 4.03. The van der Waals surface area contributed by atoms with Crippen LogP contribution in [0.2, 0.25) is 5.02 Å². The Morgan fingerprint density at radius 1 is 1.17 bits per heavy atom. The largest absolute Gasteiger partial charge is 0.381 e. The second kappa shape index (κ2) is 7.62. The van der Waals surface area contributed by atoms with Gasteiger partial charge in [0.25, 0.3) is 5.91 Å². The Labute approximate surface area is 145 Å². The molecule has 0 saturated heterocycles. The summed E-state index contributed by atoms with van der Waals surface area (Å²) in [5.41, 5.74) is 0.745. The maximum absolute atomic E-state index is 13.8. The van der Waals surface area contributed by atoms with Crippen LogP contribution in [0.5, 0.6) is 0 Å². The predicted octanol–water partition coefficient (Wildman–Crippen LogP) is 4.87.